The van der Waals surface area contributed by atoms with E-state index in [-0.39, 0.29) is 37.4 Å². The normalized spacial score (nSPS) is 24.7. The van der Waals surface area contributed by atoms with Gasteiger partial charge in [0.25, 0.3) is 0 Å². The Balaban J connectivity index is 1.26. The van der Waals surface area contributed by atoms with Crippen LogP contribution in [0.4, 0.5) is 23.2 Å². The summed E-state index contributed by atoms with van der Waals surface area (Å²) in [6.07, 6.45) is 0.883. The molecule has 16 heteroatoms. The number of carboxylic acid groups (broad SMARTS) is 1. The summed E-state index contributed by atoms with van der Waals surface area (Å²) in [7, 11) is 1.56. The Morgan fingerprint density at radius 1 is 1.10 bits per heavy atom. The molecule has 2 aromatic heterocycles. The van der Waals surface area contributed by atoms with Crippen LogP contribution in [0.1, 0.15) is 81.5 Å². The van der Waals surface area contributed by atoms with Crippen LogP contribution in [0.15, 0.2) is 53.9 Å². The average Bonchev–Trinajstić information content (AvgIpc) is 3.46. The standard InChI is InChI=1S/C42H45F4N5O6S/c1-22(2)32-21-58-38(49-32)31-18-35(27-13-15-34(56-4)23(3)36(27)48-31)57-26-17-33-37(52)50-41(40(54)55)19-24(41)10-8-6-5-7-9-11-30(39(53)51(33)20-26)47-25-12-14-29(43)28(16-25)42(44,45)46/h8,10,12-16,18,21-22,24,26,30,33,47H,5-7,9,11,17,19-20H2,1-4H3,(H,50,52)(H,54,55)/b10-8-/t24-,26+,30-,33-,41+/m0/s1. The van der Waals surface area contributed by atoms with E-state index in [2.05, 4.69) is 10.6 Å². The second-order valence-corrected chi connectivity index (χ2v) is 16.4. The maximum absolute atomic E-state index is 14.7. The first-order valence-corrected chi connectivity index (χ1v) is 20.2. The number of hydrogen-bond acceptors (Lipinski definition) is 9. The Morgan fingerprint density at radius 3 is 2.60 bits per heavy atom. The number of carboxylic acids is 1. The number of aryl methyl sites for hydroxylation is 1. The van der Waals surface area contributed by atoms with E-state index >= 15 is 0 Å². The van der Waals surface area contributed by atoms with Gasteiger partial charge in [-0.3, -0.25) is 9.59 Å². The average molecular weight is 824 g/mol. The summed E-state index contributed by atoms with van der Waals surface area (Å²) in [4.78, 5) is 52.6. The summed E-state index contributed by atoms with van der Waals surface area (Å²) >= 11 is 1.44. The van der Waals surface area contributed by atoms with Gasteiger partial charge in [0, 0.05) is 40.4 Å². The number of alkyl halides is 3. The first kappa shape index (κ1) is 40.9. The SMILES string of the molecule is COc1ccc2c(O[C@@H]3C[C@H]4C(=O)N[C@]5(C(=O)O)C[C@@H]5/C=C\CCCCC[C@H](Nc5ccc(F)c(C(F)(F)F)c5)C(=O)N4C3)cc(-c3nc(C(C)C)cs3)nc2c1C. The van der Waals surface area contributed by atoms with Gasteiger partial charge in [0.1, 0.15) is 51.7 Å². The summed E-state index contributed by atoms with van der Waals surface area (Å²) < 4.78 is 67.7. The fourth-order valence-corrected chi connectivity index (χ4v) is 8.78. The maximum Gasteiger partial charge on any atom is 0.419 e. The first-order chi connectivity index (χ1) is 27.6. The number of aromatic nitrogens is 2. The van der Waals surface area contributed by atoms with E-state index in [0.717, 1.165) is 23.7 Å². The van der Waals surface area contributed by atoms with Crippen molar-refractivity contribution in [2.75, 3.05) is 19.0 Å². The van der Waals surface area contributed by atoms with Gasteiger partial charge in [-0.15, -0.1) is 11.3 Å². The highest BCUT2D eigenvalue weighted by Gasteiger charge is 2.61. The van der Waals surface area contributed by atoms with Gasteiger partial charge in [-0.2, -0.15) is 13.2 Å². The summed E-state index contributed by atoms with van der Waals surface area (Å²) in [5.41, 5.74) is -0.317. The lowest BCUT2D eigenvalue weighted by atomic mass is 10.0. The molecule has 2 aliphatic heterocycles. The molecule has 0 radical (unpaired) electrons. The van der Waals surface area contributed by atoms with E-state index in [0.29, 0.717) is 64.5 Å². The van der Waals surface area contributed by atoms with Crippen LogP contribution in [-0.2, 0) is 20.6 Å². The molecule has 308 valence electrons. The highest BCUT2D eigenvalue weighted by atomic mass is 32.1. The van der Waals surface area contributed by atoms with Crippen LogP contribution in [-0.4, -0.2) is 75.1 Å². The fraction of sp³-hybridized carbons (Fsp3) is 0.452. The van der Waals surface area contributed by atoms with Gasteiger partial charge in [-0.1, -0.05) is 38.8 Å². The van der Waals surface area contributed by atoms with Gasteiger partial charge in [-0.25, -0.2) is 19.2 Å². The molecular formula is C42H45F4N5O6S. The van der Waals surface area contributed by atoms with E-state index in [1.165, 1.54) is 16.2 Å². The number of nitrogens with zero attached hydrogens (tertiary/aromatic N) is 3. The summed E-state index contributed by atoms with van der Waals surface area (Å²) in [6, 6.07) is 5.55. The predicted molar refractivity (Wildman–Crippen MR) is 210 cm³/mol. The third kappa shape index (κ3) is 8.20. The molecule has 0 unspecified atom stereocenters. The number of ether oxygens (including phenoxy) is 2. The largest absolute Gasteiger partial charge is 0.496 e. The summed E-state index contributed by atoms with van der Waals surface area (Å²) in [6.45, 7) is 5.87. The molecule has 1 saturated heterocycles. The quantitative estimate of drug-likeness (QED) is 0.118. The number of hydrogen-bond donors (Lipinski definition) is 3. The zero-order valence-corrected chi connectivity index (χ0v) is 33.3. The number of carbonyl (C=O) groups is 3. The third-order valence-corrected chi connectivity index (χ3v) is 12.1. The monoisotopic (exact) mass is 823 g/mol. The number of rotatable bonds is 8. The number of pyridine rings is 1. The van der Waals surface area contributed by atoms with Crippen molar-refractivity contribution >= 4 is 45.7 Å². The first-order valence-electron chi connectivity index (χ1n) is 19.4. The zero-order chi connectivity index (χ0) is 41.5. The minimum atomic E-state index is -4.97. The minimum absolute atomic E-state index is 0.0156. The summed E-state index contributed by atoms with van der Waals surface area (Å²) in [5, 5.41) is 19.2. The number of carbonyl (C=O) groups excluding carboxylic acids is 2. The molecule has 2 fully saturated rings. The Morgan fingerprint density at radius 2 is 1.90 bits per heavy atom. The number of fused-ring (bicyclic) bond motifs is 3. The van der Waals surface area contributed by atoms with Crippen LogP contribution in [0.25, 0.3) is 21.6 Å². The van der Waals surface area contributed by atoms with Crippen molar-refractivity contribution in [1.29, 1.82) is 0 Å². The van der Waals surface area contributed by atoms with Crippen LogP contribution in [0, 0.1) is 18.7 Å². The second-order valence-electron chi connectivity index (χ2n) is 15.5. The topological polar surface area (TPSA) is 143 Å². The molecule has 58 heavy (non-hydrogen) atoms. The molecule has 1 saturated carbocycles. The molecule has 11 nitrogen and oxygen atoms in total. The van der Waals surface area contributed by atoms with Gasteiger partial charge < -0.3 is 30.1 Å². The lowest BCUT2D eigenvalue weighted by molar-refractivity contribution is -0.145. The Hall–Kier alpha value is -5.25. The Kier molecular flexibility index (Phi) is 11.4. The molecule has 3 N–H and O–H groups in total. The number of benzene rings is 2. The van der Waals surface area contributed by atoms with E-state index in [1.807, 2.05) is 44.4 Å². The van der Waals surface area contributed by atoms with Crippen molar-refractivity contribution in [2.24, 2.45) is 5.92 Å². The van der Waals surface area contributed by atoms with Crippen LogP contribution in [0.3, 0.4) is 0 Å². The van der Waals surface area contributed by atoms with Crippen LogP contribution in [0.2, 0.25) is 0 Å². The molecule has 4 aromatic rings. The van der Waals surface area contributed by atoms with E-state index in [4.69, 9.17) is 19.4 Å². The molecule has 0 spiro atoms. The number of thiazole rings is 1. The molecule has 3 aliphatic rings. The van der Waals surface area contributed by atoms with Crippen molar-refractivity contribution in [1.82, 2.24) is 20.2 Å². The lowest BCUT2D eigenvalue weighted by Gasteiger charge is -2.30. The van der Waals surface area contributed by atoms with Crippen LogP contribution in [0.5, 0.6) is 11.5 Å². The Labute approximate surface area is 336 Å². The van der Waals surface area contributed by atoms with Gasteiger partial charge in [-0.05, 0) is 68.9 Å². The number of aliphatic carboxylic acids is 1. The predicted octanol–water partition coefficient (Wildman–Crippen LogP) is 8.27. The Bertz CT molecular complexity index is 2260. The highest BCUT2D eigenvalue weighted by molar-refractivity contribution is 7.13. The molecule has 5 atom stereocenters. The lowest BCUT2D eigenvalue weighted by Crippen LogP contribution is -2.55. The van der Waals surface area contributed by atoms with Gasteiger partial charge in [0.15, 0.2) is 0 Å². The number of amides is 2. The molecule has 2 amide bonds. The molecule has 2 aromatic carbocycles. The van der Waals surface area contributed by atoms with Crippen molar-refractivity contribution in [2.45, 2.75) is 102 Å². The van der Waals surface area contributed by atoms with E-state index in [9.17, 15) is 37.1 Å². The van der Waals surface area contributed by atoms with E-state index in [1.54, 1.807) is 19.2 Å². The van der Waals surface area contributed by atoms with Gasteiger partial charge >= 0.3 is 12.1 Å². The van der Waals surface area contributed by atoms with E-state index < -0.39 is 65.0 Å². The number of methoxy groups -OCH3 is 1. The number of allylic oxidation sites excluding steroid dienone is 1. The number of nitrogens with one attached hydrogen (secondary N) is 2. The highest BCUT2D eigenvalue weighted by Crippen LogP contribution is 2.46. The van der Waals surface area contributed by atoms with Gasteiger partial charge in [0.05, 0.1) is 30.4 Å². The molecule has 1 aliphatic carbocycles. The van der Waals surface area contributed by atoms with Crippen molar-refractivity contribution in [3.8, 4) is 22.2 Å². The van der Waals surface area contributed by atoms with Crippen LogP contribution >= 0.6 is 11.3 Å². The third-order valence-electron chi connectivity index (χ3n) is 11.2. The second kappa shape index (κ2) is 16.2. The zero-order valence-electron chi connectivity index (χ0n) is 32.5. The van der Waals surface area contributed by atoms with Crippen LogP contribution < -0.4 is 20.1 Å². The maximum atomic E-state index is 14.7. The van der Waals surface area contributed by atoms with Crippen molar-refractivity contribution < 1.29 is 46.5 Å². The molecule has 4 heterocycles. The van der Waals surface area contributed by atoms with Gasteiger partial charge in [0.2, 0.25) is 11.8 Å². The minimum Gasteiger partial charge on any atom is -0.496 e. The van der Waals surface area contributed by atoms with Crippen molar-refractivity contribution in [3.05, 3.63) is 76.6 Å². The molecule has 7 rings (SSSR count). The van der Waals surface area contributed by atoms with Crippen molar-refractivity contribution in [3.63, 3.8) is 0 Å². The fourth-order valence-electron chi connectivity index (χ4n) is 7.84. The summed E-state index contributed by atoms with van der Waals surface area (Å²) in [5.74, 6) is -3.12. The number of halogens is 4. The number of anilines is 1. The smallest absolute Gasteiger partial charge is 0.419 e. The molecule has 0 bridgehead atoms. The molecular weight excluding hydrogens is 779 g/mol.